The maximum absolute atomic E-state index is 11.6. The van der Waals surface area contributed by atoms with Crippen LogP contribution in [0.1, 0.15) is 10.4 Å². The third-order valence-electron chi connectivity index (χ3n) is 1.93. The van der Waals surface area contributed by atoms with Crippen LogP contribution in [0, 0.1) is 0 Å². The molecule has 0 bridgehead atoms. The molecule has 0 spiro atoms. The van der Waals surface area contributed by atoms with Crippen molar-refractivity contribution in [2.45, 2.75) is 0 Å². The summed E-state index contributed by atoms with van der Waals surface area (Å²) in [6, 6.07) is 9.02. The van der Waals surface area contributed by atoms with Gasteiger partial charge in [-0.25, -0.2) is 4.79 Å². The lowest BCUT2D eigenvalue weighted by Crippen LogP contribution is -2.06. The van der Waals surface area contributed by atoms with Crippen LogP contribution in [-0.2, 0) is 4.74 Å². The van der Waals surface area contributed by atoms with E-state index in [4.69, 9.17) is 4.74 Å². The Morgan fingerprint density at radius 2 is 2.06 bits per heavy atom. The quantitative estimate of drug-likeness (QED) is 0.604. The predicted octanol–water partition coefficient (Wildman–Crippen LogP) is 3.64. The fourth-order valence-electron chi connectivity index (χ4n) is 1.16. The number of hydrogen-bond acceptors (Lipinski definition) is 4. The number of rotatable bonds is 3. The first kappa shape index (κ1) is 11.4. The van der Waals surface area contributed by atoms with Gasteiger partial charge in [0.1, 0.15) is 6.61 Å². The minimum Gasteiger partial charge on any atom is -0.457 e. The Balaban J connectivity index is 1.89. The standard InChI is InChI=1S/C12H10O2S2/c13-12(10-5-2-1-3-6-10)14-9-11-7-4-8-15-16-11/h1-8H,9H2. The highest BCUT2D eigenvalue weighted by atomic mass is 33.1. The monoisotopic (exact) mass is 250 g/mol. The molecule has 2 nitrogen and oxygen atoms in total. The molecule has 0 saturated carbocycles. The molecule has 1 aliphatic rings. The molecular formula is C12H10O2S2. The normalized spacial score (nSPS) is 14.4. The van der Waals surface area contributed by atoms with Crippen LogP contribution >= 0.6 is 21.6 Å². The van der Waals surface area contributed by atoms with Gasteiger partial charge in [0.2, 0.25) is 0 Å². The van der Waals surface area contributed by atoms with Crippen LogP contribution in [0.5, 0.6) is 0 Å². The van der Waals surface area contributed by atoms with E-state index in [0.29, 0.717) is 12.2 Å². The van der Waals surface area contributed by atoms with Gasteiger partial charge in [0.25, 0.3) is 0 Å². The molecule has 1 aliphatic heterocycles. The van der Waals surface area contributed by atoms with E-state index >= 15 is 0 Å². The van der Waals surface area contributed by atoms with Gasteiger partial charge in [-0.15, -0.1) is 0 Å². The summed E-state index contributed by atoms with van der Waals surface area (Å²) >= 11 is 0. The topological polar surface area (TPSA) is 26.3 Å². The Morgan fingerprint density at radius 3 is 2.75 bits per heavy atom. The van der Waals surface area contributed by atoms with E-state index in [-0.39, 0.29) is 5.97 Å². The molecule has 0 unspecified atom stereocenters. The molecule has 82 valence electrons. The molecule has 1 heterocycles. The average Bonchev–Trinajstić information content (AvgIpc) is 2.38. The van der Waals surface area contributed by atoms with Crippen LogP contribution in [0.2, 0.25) is 0 Å². The van der Waals surface area contributed by atoms with E-state index in [1.807, 2.05) is 35.8 Å². The van der Waals surface area contributed by atoms with Gasteiger partial charge in [-0.1, -0.05) is 45.9 Å². The summed E-state index contributed by atoms with van der Waals surface area (Å²) in [5.74, 6) is -0.276. The third-order valence-corrected chi connectivity index (χ3v) is 4.02. The number of carbonyl (C=O) groups excluding carboxylic acids is 1. The molecule has 0 aliphatic carbocycles. The van der Waals surface area contributed by atoms with Gasteiger partial charge in [0.15, 0.2) is 0 Å². The van der Waals surface area contributed by atoms with Crippen molar-refractivity contribution in [1.82, 2.24) is 0 Å². The predicted molar refractivity (Wildman–Crippen MR) is 69.1 cm³/mol. The Labute approximate surface area is 102 Å². The molecule has 0 fully saturated rings. The van der Waals surface area contributed by atoms with E-state index in [2.05, 4.69) is 0 Å². The second-order valence-electron chi connectivity index (χ2n) is 3.08. The first-order valence-corrected chi connectivity index (χ1v) is 6.99. The second kappa shape index (κ2) is 5.82. The van der Waals surface area contributed by atoms with Crippen molar-refractivity contribution in [3.05, 3.63) is 58.4 Å². The zero-order valence-electron chi connectivity index (χ0n) is 8.46. The number of allylic oxidation sites excluding steroid dienone is 2. The van der Waals surface area contributed by atoms with Crippen LogP contribution in [0.25, 0.3) is 0 Å². The second-order valence-corrected chi connectivity index (χ2v) is 5.32. The lowest BCUT2D eigenvalue weighted by atomic mass is 10.2. The van der Waals surface area contributed by atoms with Crippen molar-refractivity contribution in [1.29, 1.82) is 0 Å². The Morgan fingerprint density at radius 1 is 1.25 bits per heavy atom. The third kappa shape index (κ3) is 3.18. The lowest BCUT2D eigenvalue weighted by molar-refractivity contribution is 0.0547. The average molecular weight is 250 g/mol. The summed E-state index contributed by atoms with van der Waals surface area (Å²) in [4.78, 5) is 12.7. The molecule has 16 heavy (non-hydrogen) atoms. The minimum atomic E-state index is -0.276. The smallest absolute Gasteiger partial charge is 0.338 e. The fraction of sp³-hybridized carbons (Fsp3) is 0.0833. The van der Waals surface area contributed by atoms with Gasteiger partial charge in [-0.2, -0.15) is 0 Å². The summed E-state index contributed by atoms with van der Waals surface area (Å²) in [7, 11) is 3.24. The van der Waals surface area contributed by atoms with Crippen molar-refractivity contribution in [3.8, 4) is 0 Å². The minimum absolute atomic E-state index is 0.276. The number of carbonyl (C=O) groups is 1. The molecule has 0 radical (unpaired) electrons. The molecule has 2 rings (SSSR count). The van der Waals surface area contributed by atoms with Crippen LogP contribution in [-0.4, -0.2) is 12.6 Å². The van der Waals surface area contributed by atoms with Gasteiger partial charge in [0.05, 0.1) is 5.56 Å². The summed E-state index contributed by atoms with van der Waals surface area (Å²) in [5, 5.41) is 1.99. The largest absolute Gasteiger partial charge is 0.457 e. The number of benzene rings is 1. The van der Waals surface area contributed by atoms with Crippen molar-refractivity contribution in [2.24, 2.45) is 0 Å². The lowest BCUT2D eigenvalue weighted by Gasteiger charge is -2.08. The van der Waals surface area contributed by atoms with Gasteiger partial charge in [-0.05, 0) is 23.6 Å². The van der Waals surface area contributed by atoms with Gasteiger partial charge in [0, 0.05) is 4.91 Å². The van der Waals surface area contributed by atoms with Crippen molar-refractivity contribution >= 4 is 27.6 Å². The van der Waals surface area contributed by atoms with Crippen LogP contribution < -0.4 is 0 Å². The van der Waals surface area contributed by atoms with E-state index < -0.39 is 0 Å². The van der Waals surface area contributed by atoms with Crippen molar-refractivity contribution in [2.75, 3.05) is 6.61 Å². The molecular weight excluding hydrogens is 240 g/mol. The fourth-order valence-corrected chi connectivity index (χ4v) is 2.77. The summed E-state index contributed by atoms with van der Waals surface area (Å²) in [6.07, 6.45) is 3.91. The van der Waals surface area contributed by atoms with Crippen LogP contribution in [0.3, 0.4) is 0 Å². The molecule has 0 saturated heterocycles. The summed E-state index contributed by atoms with van der Waals surface area (Å²) in [5.41, 5.74) is 0.590. The van der Waals surface area contributed by atoms with Gasteiger partial charge >= 0.3 is 5.97 Å². The van der Waals surface area contributed by atoms with E-state index in [0.717, 1.165) is 4.91 Å². The van der Waals surface area contributed by atoms with Crippen LogP contribution in [0.4, 0.5) is 0 Å². The maximum Gasteiger partial charge on any atom is 0.338 e. The maximum atomic E-state index is 11.6. The van der Waals surface area contributed by atoms with E-state index in [9.17, 15) is 4.79 Å². The number of hydrogen-bond donors (Lipinski definition) is 0. The Bertz CT molecular complexity index is 424. The Hall–Kier alpha value is -1.13. The molecule has 1 aromatic carbocycles. The van der Waals surface area contributed by atoms with E-state index in [1.165, 1.54) is 0 Å². The zero-order valence-corrected chi connectivity index (χ0v) is 10.1. The molecule has 0 N–H and O–H groups in total. The summed E-state index contributed by atoms with van der Waals surface area (Å²) in [6.45, 7) is 0.343. The Kier molecular flexibility index (Phi) is 4.13. The SMILES string of the molecule is O=C(OCC1=CC=CSS1)c1ccccc1. The first-order valence-electron chi connectivity index (χ1n) is 4.77. The number of esters is 1. The highest BCUT2D eigenvalue weighted by molar-refractivity contribution is 8.79. The van der Waals surface area contributed by atoms with E-state index in [1.54, 1.807) is 33.7 Å². The molecule has 0 aromatic heterocycles. The highest BCUT2D eigenvalue weighted by Gasteiger charge is 2.08. The molecule has 0 atom stereocenters. The zero-order chi connectivity index (χ0) is 11.2. The van der Waals surface area contributed by atoms with Crippen molar-refractivity contribution < 1.29 is 9.53 Å². The highest BCUT2D eigenvalue weighted by Crippen LogP contribution is 2.34. The first-order chi connectivity index (χ1) is 7.86. The number of ether oxygens (including phenoxy) is 1. The van der Waals surface area contributed by atoms with Crippen LogP contribution in [0.15, 0.2) is 52.8 Å². The molecule has 0 amide bonds. The molecule has 4 heteroatoms. The van der Waals surface area contributed by atoms with Crippen molar-refractivity contribution in [3.63, 3.8) is 0 Å². The van der Waals surface area contributed by atoms with Gasteiger partial charge < -0.3 is 4.74 Å². The molecule has 1 aromatic rings. The van der Waals surface area contributed by atoms with Gasteiger partial charge in [-0.3, -0.25) is 0 Å². The summed E-state index contributed by atoms with van der Waals surface area (Å²) < 4.78 is 5.19.